The third-order valence-electron chi connectivity index (χ3n) is 7.28. The second-order valence-corrected chi connectivity index (χ2v) is 9.77. The maximum atomic E-state index is 13.0. The number of imidazole rings is 1. The monoisotopic (exact) mass is 516 g/mol. The summed E-state index contributed by atoms with van der Waals surface area (Å²) in [6.45, 7) is 3.93. The van der Waals surface area contributed by atoms with Crippen LogP contribution in [0.1, 0.15) is 51.0 Å². The van der Waals surface area contributed by atoms with Crippen LogP contribution >= 0.6 is 0 Å². The van der Waals surface area contributed by atoms with Gasteiger partial charge in [-0.05, 0) is 75.8 Å². The van der Waals surface area contributed by atoms with Crippen molar-refractivity contribution >= 4 is 22.8 Å². The Bertz CT molecular complexity index is 1210. The average molecular weight is 517 g/mol. The average Bonchev–Trinajstić information content (AvgIpc) is 3.33. The van der Waals surface area contributed by atoms with E-state index in [-0.39, 0.29) is 24.1 Å². The molecule has 0 radical (unpaired) electrons. The number of aromatic nitrogens is 3. The quantitative estimate of drug-likeness (QED) is 0.420. The summed E-state index contributed by atoms with van der Waals surface area (Å²) < 4.78 is 50.5. The van der Waals surface area contributed by atoms with E-state index in [2.05, 4.69) is 19.9 Å². The molecule has 2 aliphatic rings. The molecule has 37 heavy (non-hydrogen) atoms. The van der Waals surface area contributed by atoms with Crippen LogP contribution < -0.4 is 4.90 Å². The fraction of sp³-hybridized carbons (Fsp3) is 0.519. The van der Waals surface area contributed by atoms with E-state index < -0.39 is 11.7 Å². The van der Waals surface area contributed by atoms with Crippen molar-refractivity contribution in [1.29, 1.82) is 0 Å². The third kappa shape index (κ3) is 5.89. The summed E-state index contributed by atoms with van der Waals surface area (Å²) in [5.74, 6) is 1.27. The molecule has 1 saturated carbocycles. The normalized spacial score (nSPS) is 21.4. The number of nitrogens with one attached hydrogen (secondary N) is 1. The van der Waals surface area contributed by atoms with Crippen LogP contribution in [0.2, 0.25) is 0 Å². The molecule has 1 aliphatic heterocycles. The minimum Gasteiger partial charge on any atom is -0.466 e. The van der Waals surface area contributed by atoms with Crippen LogP contribution in [0.25, 0.3) is 22.4 Å². The van der Waals surface area contributed by atoms with Gasteiger partial charge in [0.2, 0.25) is 0 Å². The Labute approximate surface area is 213 Å². The number of carbonyl (C=O) groups excluding carboxylic acids is 1. The molecular weight excluding hydrogens is 485 g/mol. The molecule has 1 saturated heterocycles. The summed E-state index contributed by atoms with van der Waals surface area (Å²) in [5.41, 5.74) is 0.819. The molecule has 5 rings (SSSR count). The van der Waals surface area contributed by atoms with Crippen LogP contribution in [-0.2, 0) is 20.4 Å². The van der Waals surface area contributed by atoms with Crippen LogP contribution in [0.5, 0.6) is 0 Å². The first-order valence-corrected chi connectivity index (χ1v) is 12.9. The number of hydrogen-bond donors (Lipinski definition) is 1. The smallest absolute Gasteiger partial charge is 0.416 e. The van der Waals surface area contributed by atoms with Gasteiger partial charge < -0.3 is 19.4 Å². The van der Waals surface area contributed by atoms with Gasteiger partial charge in [-0.15, -0.1) is 0 Å². The number of fused-ring (bicyclic) bond motifs is 1. The van der Waals surface area contributed by atoms with Crippen molar-refractivity contribution in [1.82, 2.24) is 15.0 Å². The SMILES string of the molecule is CCOC(=O)C1CCC(OC2CCN(c3ccc(-c4nc5ccc(C(F)(F)F)cc5[nH]4)cn3)CC2)CC1. The number of alkyl halides is 3. The van der Waals surface area contributed by atoms with Gasteiger partial charge >= 0.3 is 12.1 Å². The van der Waals surface area contributed by atoms with Gasteiger partial charge in [-0.25, -0.2) is 9.97 Å². The van der Waals surface area contributed by atoms with Crippen molar-refractivity contribution in [3.63, 3.8) is 0 Å². The van der Waals surface area contributed by atoms with Gasteiger partial charge in [0.25, 0.3) is 0 Å². The maximum Gasteiger partial charge on any atom is 0.416 e. The van der Waals surface area contributed by atoms with Gasteiger partial charge in [-0.3, -0.25) is 4.79 Å². The van der Waals surface area contributed by atoms with Gasteiger partial charge in [0.05, 0.1) is 41.3 Å². The first-order valence-electron chi connectivity index (χ1n) is 12.9. The number of aromatic amines is 1. The largest absolute Gasteiger partial charge is 0.466 e. The minimum absolute atomic E-state index is 0.00705. The molecule has 0 atom stereocenters. The summed E-state index contributed by atoms with van der Waals surface area (Å²) in [5, 5.41) is 0. The van der Waals surface area contributed by atoms with Crippen molar-refractivity contribution in [3.8, 4) is 11.4 Å². The number of ether oxygens (including phenoxy) is 2. The number of H-pyrrole nitrogens is 1. The molecule has 3 aromatic rings. The van der Waals surface area contributed by atoms with Gasteiger partial charge in [0.1, 0.15) is 11.6 Å². The van der Waals surface area contributed by atoms with Crippen LogP contribution in [0.4, 0.5) is 19.0 Å². The molecule has 1 aromatic carbocycles. The lowest BCUT2D eigenvalue weighted by Gasteiger charge is -2.36. The van der Waals surface area contributed by atoms with Crippen molar-refractivity contribution in [3.05, 3.63) is 42.1 Å². The fourth-order valence-electron chi connectivity index (χ4n) is 5.22. The fourth-order valence-corrected chi connectivity index (χ4v) is 5.22. The molecule has 7 nitrogen and oxygen atoms in total. The molecule has 0 bridgehead atoms. The number of anilines is 1. The van der Waals surface area contributed by atoms with Gasteiger partial charge in [-0.2, -0.15) is 13.2 Å². The van der Waals surface area contributed by atoms with Crippen LogP contribution in [-0.4, -0.2) is 52.8 Å². The Balaban J connectivity index is 1.13. The second-order valence-electron chi connectivity index (χ2n) is 9.77. The Morgan fingerprint density at radius 2 is 1.78 bits per heavy atom. The number of carbonyl (C=O) groups is 1. The standard InChI is InChI=1S/C27H31F3N4O3/c1-2-36-26(35)17-3-7-20(8-4-17)37-21-11-13-34(14-12-21)24-10-5-18(16-31-24)25-32-22-9-6-19(27(28,29)30)15-23(22)33-25/h5-6,9-10,15-17,20-21H,2-4,7-8,11-14H2,1H3,(H,32,33). The number of rotatable bonds is 6. The molecule has 2 aromatic heterocycles. The van der Waals surface area contributed by atoms with Gasteiger partial charge in [0.15, 0.2) is 0 Å². The number of piperidine rings is 1. The summed E-state index contributed by atoms with van der Waals surface area (Å²) in [6.07, 6.45) is 2.97. The number of halogens is 3. The van der Waals surface area contributed by atoms with E-state index >= 15 is 0 Å². The predicted octanol–water partition coefficient (Wildman–Crippen LogP) is 5.75. The zero-order valence-corrected chi connectivity index (χ0v) is 20.8. The molecule has 0 amide bonds. The van der Waals surface area contributed by atoms with E-state index in [4.69, 9.17) is 9.47 Å². The molecule has 0 spiro atoms. The predicted molar refractivity (Wildman–Crippen MR) is 133 cm³/mol. The lowest BCUT2D eigenvalue weighted by atomic mass is 9.87. The minimum atomic E-state index is -4.40. The molecule has 10 heteroatoms. The summed E-state index contributed by atoms with van der Waals surface area (Å²) >= 11 is 0. The van der Waals surface area contributed by atoms with Crippen LogP contribution in [0.3, 0.4) is 0 Å². The third-order valence-corrected chi connectivity index (χ3v) is 7.28. The van der Waals surface area contributed by atoms with E-state index in [9.17, 15) is 18.0 Å². The molecular formula is C27H31F3N4O3. The Hall–Kier alpha value is -3.14. The van der Waals surface area contributed by atoms with Gasteiger partial charge in [-0.1, -0.05) is 0 Å². The molecule has 3 heterocycles. The van der Waals surface area contributed by atoms with Gasteiger partial charge in [0, 0.05) is 24.8 Å². The van der Waals surface area contributed by atoms with Crippen LogP contribution in [0, 0.1) is 5.92 Å². The van der Waals surface area contributed by atoms with E-state index in [0.717, 1.165) is 69.6 Å². The highest BCUT2D eigenvalue weighted by molar-refractivity contribution is 5.80. The highest BCUT2D eigenvalue weighted by Gasteiger charge is 2.31. The zero-order chi connectivity index (χ0) is 26.0. The van der Waals surface area contributed by atoms with Crippen LogP contribution in [0.15, 0.2) is 36.5 Å². The molecule has 0 unspecified atom stereocenters. The molecule has 1 N–H and O–H groups in total. The van der Waals surface area contributed by atoms with Crippen molar-refractivity contribution < 1.29 is 27.4 Å². The lowest BCUT2D eigenvalue weighted by molar-refractivity contribution is -0.150. The van der Waals surface area contributed by atoms with E-state index in [1.165, 1.54) is 6.07 Å². The lowest BCUT2D eigenvalue weighted by Crippen LogP contribution is -2.39. The number of nitrogens with zero attached hydrogens (tertiary/aromatic N) is 3. The molecule has 1 aliphatic carbocycles. The second kappa shape index (κ2) is 10.7. The summed E-state index contributed by atoms with van der Waals surface area (Å²) in [4.78, 5) is 26.1. The molecule has 198 valence electrons. The molecule has 2 fully saturated rings. The number of esters is 1. The highest BCUT2D eigenvalue weighted by atomic mass is 19.4. The number of pyridine rings is 1. The number of benzene rings is 1. The zero-order valence-electron chi connectivity index (χ0n) is 20.8. The van der Waals surface area contributed by atoms with E-state index in [1.54, 1.807) is 6.20 Å². The first-order chi connectivity index (χ1) is 17.8. The summed E-state index contributed by atoms with van der Waals surface area (Å²) in [6, 6.07) is 7.29. The van der Waals surface area contributed by atoms with E-state index in [1.807, 2.05) is 19.1 Å². The Morgan fingerprint density at radius 3 is 2.43 bits per heavy atom. The highest BCUT2D eigenvalue weighted by Crippen LogP contribution is 2.33. The van der Waals surface area contributed by atoms with Crippen molar-refractivity contribution in [2.45, 2.75) is 63.8 Å². The number of hydrogen-bond acceptors (Lipinski definition) is 6. The van der Waals surface area contributed by atoms with Crippen molar-refractivity contribution in [2.75, 3.05) is 24.6 Å². The first kappa shape index (κ1) is 25.5. The Kier molecular flexibility index (Phi) is 7.37. The Morgan fingerprint density at radius 1 is 1.05 bits per heavy atom. The maximum absolute atomic E-state index is 13.0. The van der Waals surface area contributed by atoms with Crippen molar-refractivity contribution in [2.24, 2.45) is 5.92 Å². The topological polar surface area (TPSA) is 80.3 Å². The summed E-state index contributed by atoms with van der Waals surface area (Å²) in [7, 11) is 0. The van der Waals surface area contributed by atoms with E-state index in [0.29, 0.717) is 29.0 Å².